The third-order valence-corrected chi connectivity index (χ3v) is 7.82. The third kappa shape index (κ3) is 7.13. The molecule has 35 heavy (non-hydrogen) atoms. The van der Waals surface area contributed by atoms with Gasteiger partial charge in [0.15, 0.2) is 6.29 Å². The fraction of sp³-hybridized carbons (Fsp3) is 0.633. The molecule has 0 radical (unpaired) electrons. The number of carbonyl (C=O) groups is 1. The zero-order valence-electron chi connectivity index (χ0n) is 22.5. The molecular weight excluding hydrogens is 440 g/mol. The lowest BCUT2D eigenvalue weighted by molar-refractivity contribution is -0.219. The molecule has 0 bridgehead atoms. The number of hydrogen-bond donors (Lipinski definition) is 3. The zero-order chi connectivity index (χ0) is 26.2. The molecule has 0 aromatic carbocycles. The van der Waals surface area contributed by atoms with E-state index in [4.69, 9.17) is 4.74 Å². The molecule has 5 nitrogen and oxygen atoms in total. The Balaban J connectivity index is 2.26. The Morgan fingerprint density at radius 3 is 2.54 bits per heavy atom. The molecule has 1 aliphatic carbocycles. The maximum atomic E-state index is 11.6. The average molecular weight is 487 g/mol. The second kappa shape index (κ2) is 13.0. The van der Waals surface area contributed by atoms with Crippen molar-refractivity contribution in [2.75, 3.05) is 6.61 Å². The first-order valence-electron chi connectivity index (χ1n) is 13.0. The Morgan fingerprint density at radius 1 is 1.20 bits per heavy atom. The molecule has 0 aromatic rings. The van der Waals surface area contributed by atoms with Crippen LogP contribution in [0.4, 0.5) is 0 Å². The molecule has 0 aromatic heterocycles. The fourth-order valence-electron chi connectivity index (χ4n) is 5.80. The average Bonchev–Trinajstić information content (AvgIpc) is 3.10. The predicted octanol–water partition coefficient (Wildman–Crippen LogP) is 5.72. The highest BCUT2D eigenvalue weighted by Crippen LogP contribution is 2.60. The van der Waals surface area contributed by atoms with Crippen LogP contribution in [0.2, 0.25) is 0 Å². The summed E-state index contributed by atoms with van der Waals surface area (Å²) in [6.07, 6.45) is 14.5. The highest BCUT2D eigenvalue weighted by atomic mass is 16.6. The third-order valence-electron chi connectivity index (χ3n) is 7.82. The monoisotopic (exact) mass is 486 g/mol. The van der Waals surface area contributed by atoms with Gasteiger partial charge in [-0.1, -0.05) is 52.7 Å². The second-order valence-corrected chi connectivity index (χ2v) is 10.9. The van der Waals surface area contributed by atoms with E-state index in [0.29, 0.717) is 37.7 Å². The van der Waals surface area contributed by atoms with Crippen LogP contribution >= 0.6 is 0 Å². The quantitative estimate of drug-likeness (QED) is 0.159. The van der Waals surface area contributed by atoms with Gasteiger partial charge in [0.2, 0.25) is 0 Å². The van der Waals surface area contributed by atoms with Gasteiger partial charge in [0.25, 0.3) is 0 Å². The number of rotatable bonds is 10. The standard InChI is InChI=1S/C30H46O5/c1-21(2)10-7-11-22(3)12-8-13-23(4)18-25-19-30(28(33)35-25)27(14-9-17-31)26(24(5)20-32)15-16-29(30,6)34/h8,10,12-13,18,20,25,27-28,31,33-34H,7,9,11,14-17,19H2,1-6H3. The van der Waals surface area contributed by atoms with E-state index in [1.54, 1.807) is 13.8 Å². The molecule has 2 aliphatic rings. The van der Waals surface area contributed by atoms with Crippen molar-refractivity contribution < 1.29 is 24.9 Å². The minimum absolute atomic E-state index is 0.0214. The van der Waals surface area contributed by atoms with Crippen LogP contribution in [0.1, 0.15) is 86.5 Å². The summed E-state index contributed by atoms with van der Waals surface area (Å²) >= 11 is 0. The van der Waals surface area contributed by atoms with E-state index in [1.165, 1.54) is 11.1 Å². The minimum Gasteiger partial charge on any atom is -0.396 e. The summed E-state index contributed by atoms with van der Waals surface area (Å²) in [7, 11) is 0. The molecular formula is C30H46O5. The van der Waals surface area contributed by atoms with E-state index in [2.05, 4.69) is 32.9 Å². The first-order valence-corrected chi connectivity index (χ1v) is 13.0. The highest BCUT2D eigenvalue weighted by molar-refractivity contribution is 5.74. The summed E-state index contributed by atoms with van der Waals surface area (Å²) in [4.78, 5) is 11.6. The van der Waals surface area contributed by atoms with Crippen LogP contribution in [0.3, 0.4) is 0 Å². The Morgan fingerprint density at radius 2 is 1.91 bits per heavy atom. The summed E-state index contributed by atoms with van der Waals surface area (Å²) in [5.41, 5.74) is 3.20. The number of ether oxygens (including phenoxy) is 1. The van der Waals surface area contributed by atoms with Gasteiger partial charge in [-0.25, -0.2) is 0 Å². The van der Waals surface area contributed by atoms with E-state index in [0.717, 1.165) is 30.3 Å². The van der Waals surface area contributed by atoms with Crippen molar-refractivity contribution in [3.05, 3.63) is 58.2 Å². The Hall–Kier alpha value is -1.79. The SMILES string of the molecule is CC(C)=CCCC(C)=CC=CC(C)=CC1CC2(C(O)O1)C(CCCO)C(=C(C)C=O)CCC2(C)O. The summed E-state index contributed by atoms with van der Waals surface area (Å²) in [6, 6.07) is 0. The molecule has 1 heterocycles. The number of aliphatic hydroxyl groups is 3. The molecule has 1 spiro atoms. The molecule has 1 saturated carbocycles. The van der Waals surface area contributed by atoms with Gasteiger partial charge in [0.05, 0.1) is 17.1 Å². The molecule has 3 N–H and O–H groups in total. The molecule has 0 amide bonds. The number of allylic oxidation sites excluding steroid dienone is 9. The van der Waals surface area contributed by atoms with Gasteiger partial charge in [-0.05, 0) is 98.0 Å². The van der Waals surface area contributed by atoms with Crippen molar-refractivity contribution in [2.45, 2.75) is 104 Å². The molecule has 2 rings (SSSR count). The second-order valence-electron chi connectivity index (χ2n) is 10.9. The van der Waals surface area contributed by atoms with Gasteiger partial charge in [-0.3, -0.25) is 4.79 Å². The zero-order valence-corrected chi connectivity index (χ0v) is 22.5. The maximum absolute atomic E-state index is 11.6. The minimum atomic E-state index is -1.16. The Bertz CT molecular complexity index is 884. The fourth-order valence-corrected chi connectivity index (χ4v) is 5.80. The first kappa shape index (κ1) is 29.4. The van der Waals surface area contributed by atoms with Crippen LogP contribution in [0.15, 0.2) is 58.2 Å². The lowest BCUT2D eigenvalue weighted by Gasteiger charge is -2.53. The van der Waals surface area contributed by atoms with Crippen molar-refractivity contribution in [3.8, 4) is 0 Å². The van der Waals surface area contributed by atoms with Gasteiger partial charge in [0.1, 0.15) is 6.29 Å². The normalized spacial score (nSPS) is 33.5. The Labute approximate surface area is 212 Å². The van der Waals surface area contributed by atoms with Crippen LogP contribution in [-0.4, -0.2) is 46.2 Å². The van der Waals surface area contributed by atoms with Gasteiger partial charge in [-0.2, -0.15) is 0 Å². The maximum Gasteiger partial charge on any atom is 0.164 e. The molecule has 2 fully saturated rings. The van der Waals surface area contributed by atoms with Crippen molar-refractivity contribution in [3.63, 3.8) is 0 Å². The highest BCUT2D eigenvalue weighted by Gasteiger charge is 2.64. The summed E-state index contributed by atoms with van der Waals surface area (Å²) in [6.45, 7) is 12.0. The summed E-state index contributed by atoms with van der Waals surface area (Å²) in [5, 5.41) is 32.3. The topological polar surface area (TPSA) is 87.0 Å². The molecule has 5 atom stereocenters. The largest absolute Gasteiger partial charge is 0.396 e. The van der Waals surface area contributed by atoms with E-state index in [-0.39, 0.29) is 18.6 Å². The molecule has 5 unspecified atom stereocenters. The van der Waals surface area contributed by atoms with Gasteiger partial charge >= 0.3 is 0 Å². The van der Waals surface area contributed by atoms with Crippen molar-refractivity contribution >= 4 is 6.29 Å². The van der Waals surface area contributed by atoms with Crippen molar-refractivity contribution in [2.24, 2.45) is 11.3 Å². The number of aliphatic hydroxyl groups excluding tert-OH is 2. The van der Waals surface area contributed by atoms with E-state index in [9.17, 15) is 20.1 Å². The van der Waals surface area contributed by atoms with Gasteiger partial charge in [-0.15, -0.1) is 0 Å². The summed E-state index contributed by atoms with van der Waals surface area (Å²) in [5.74, 6) is -0.237. The summed E-state index contributed by atoms with van der Waals surface area (Å²) < 4.78 is 6.03. The number of carbonyl (C=O) groups excluding carboxylic acids is 1. The number of hydrogen-bond acceptors (Lipinski definition) is 5. The van der Waals surface area contributed by atoms with Crippen LogP contribution in [0.25, 0.3) is 0 Å². The van der Waals surface area contributed by atoms with Crippen LogP contribution < -0.4 is 0 Å². The molecule has 196 valence electrons. The lowest BCUT2D eigenvalue weighted by Crippen LogP contribution is -2.58. The van der Waals surface area contributed by atoms with Gasteiger partial charge in [0, 0.05) is 6.61 Å². The smallest absolute Gasteiger partial charge is 0.164 e. The van der Waals surface area contributed by atoms with Gasteiger partial charge < -0.3 is 20.1 Å². The number of aldehydes is 1. The first-order chi connectivity index (χ1) is 16.5. The van der Waals surface area contributed by atoms with E-state index < -0.39 is 17.3 Å². The molecule has 5 heteroatoms. The van der Waals surface area contributed by atoms with Crippen molar-refractivity contribution in [1.82, 2.24) is 0 Å². The van der Waals surface area contributed by atoms with Crippen LogP contribution in [0.5, 0.6) is 0 Å². The predicted molar refractivity (Wildman–Crippen MR) is 142 cm³/mol. The lowest BCUT2D eigenvalue weighted by atomic mass is 9.53. The Kier molecular flexibility index (Phi) is 10.9. The van der Waals surface area contributed by atoms with Crippen molar-refractivity contribution in [1.29, 1.82) is 0 Å². The van der Waals surface area contributed by atoms with Crippen LogP contribution in [-0.2, 0) is 9.53 Å². The van der Waals surface area contributed by atoms with E-state index in [1.807, 2.05) is 25.2 Å². The van der Waals surface area contributed by atoms with Crippen LogP contribution in [0, 0.1) is 11.3 Å². The molecule has 1 aliphatic heterocycles. The van der Waals surface area contributed by atoms with E-state index >= 15 is 0 Å². The molecule has 1 saturated heterocycles.